The number of nitrogens with zero attached hydrogens (tertiary/aromatic N) is 1. The SMILES string of the molecule is O=C(NC1CCCC1)C(c1ccccc1)N(C(=O)Cc1cccs1)c1ccccc1Cl. The standard InChI is InChI=1S/C25H25ClN2O2S/c26-21-14-6-7-15-22(21)28(23(29)17-20-13-8-16-31-20)24(18-9-2-1-3-10-18)25(30)27-19-11-4-5-12-19/h1-3,6-10,13-16,19,24H,4-5,11-12,17H2,(H,27,30). The zero-order valence-electron chi connectivity index (χ0n) is 17.2. The first-order valence-corrected chi connectivity index (χ1v) is 11.8. The van der Waals surface area contributed by atoms with Crippen molar-refractivity contribution < 1.29 is 9.59 Å². The summed E-state index contributed by atoms with van der Waals surface area (Å²) in [7, 11) is 0. The van der Waals surface area contributed by atoms with E-state index in [1.165, 1.54) is 11.3 Å². The van der Waals surface area contributed by atoms with Gasteiger partial charge in [0.05, 0.1) is 17.1 Å². The molecule has 1 aliphatic rings. The zero-order chi connectivity index (χ0) is 21.6. The molecule has 0 saturated heterocycles. The predicted molar refractivity (Wildman–Crippen MR) is 127 cm³/mol. The van der Waals surface area contributed by atoms with Gasteiger partial charge in [0, 0.05) is 10.9 Å². The number of rotatable bonds is 7. The fourth-order valence-electron chi connectivity index (χ4n) is 4.12. The first kappa shape index (κ1) is 21.6. The Hall–Kier alpha value is -2.63. The number of halogens is 1. The molecule has 1 N–H and O–H groups in total. The van der Waals surface area contributed by atoms with E-state index in [0.717, 1.165) is 36.1 Å². The Kier molecular flexibility index (Phi) is 7.05. The molecule has 31 heavy (non-hydrogen) atoms. The van der Waals surface area contributed by atoms with Gasteiger partial charge in [-0.2, -0.15) is 0 Å². The van der Waals surface area contributed by atoms with Crippen LogP contribution in [0, 0.1) is 0 Å². The van der Waals surface area contributed by atoms with Gasteiger partial charge in [-0.25, -0.2) is 0 Å². The average molecular weight is 453 g/mol. The molecule has 1 fully saturated rings. The zero-order valence-corrected chi connectivity index (χ0v) is 18.7. The number of nitrogens with one attached hydrogen (secondary N) is 1. The number of benzene rings is 2. The Balaban J connectivity index is 1.75. The van der Waals surface area contributed by atoms with E-state index in [1.807, 2.05) is 60.0 Å². The molecular formula is C25H25ClN2O2S. The summed E-state index contributed by atoms with van der Waals surface area (Å²) in [5.41, 5.74) is 1.30. The largest absolute Gasteiger partial charge is 0.351 e. The maximum atomic E-state index is 13.6. The van der Waals surface area contributed by atoms with Crippen LogP contribution in [-0.4, -0.2) is 17.9 Å². The van der Waals surface area contributed by atoms with E-state index in [-0.39, 0.29) is 24.3 Å². The van der Waals surface area contributed by atoms with Gasteiger partial charge in [0.25, 0.3) is 0 Å². The molecule has 1 aliphatic carbocycles. The Morgan fingerprint density at radius 1 is 1.00 bits per heavy atom. The molecule has 2 aromatic carbocycles. The summed E-state index contributed by atoms with van der Waals surface area (Å²) in [4.78, 5) is 29.7. The van der Waals surface area contributed by atoms with Gasteiger partial charge in [0.2, 0.25) is 11.8 Å². The molecule has 1 heterocycles. The fraction of sp³-hybridized carbons (Fsp3) is 0.280. The molecule has 0 bridgehead atoms. The lowest BCUT2D eigenvalue weighted by Gasteiger charge is -2.33. The topological polar surface area (TPSA) is 49.4 Å². The summed E-state index contributed by atoms with van der Waals surface area (Å²) in [6.07, 6.45) is 4.40. The quantitative estimate of drug-likeness (QED) is 0.494. The third kappa shape index (κ3) is 5.17. The summed E-state index contributed by atoms with van der Waals surface area (Å²) in [5, 5.41) is 5.58. The van der Waals surface area contributed by atoms with Gasteiger partial charge in [0.15, 0.2) is 0 Å². The van der Waals surface area contributed by atoms with Crippen molar-refractivity contribution in [1.82, 2.24) is 5.32 Å². The summed E-state index contributed by atoms with van der Waals surface area (Å²) >= 11 is 8.06. The van der Waals surface area contributed by atoms with Crippen LogP contribution in [0.25, 0.3) is 0 Å². The van der Waals surface area contributed by atoms with Crippen molar-refractivity contribution >= 4 is 40.4 Å². The lowest BCUT2D eigenvalue weighted by atomic mass is 10.0. The number of carbonyl (C=O) groups excluding carboxylic acids is 2. The Morgan fingerprint density at radius 2 is 1.71 bits per heavy atom. The molecule has 2 amide bonds. The van der Waals surface area contributed by atoms with Gasteiger partial charge in [0.1, 0.15) is 6.04 Å². The minimum atomic E-state index is -0.797. The predicted octanol–water partition coefficient (Wildman–Crippen LogP) is 5.78. The van der Waals surface area contributed by atoms with E-state index in [1.54, 1.807) is 17.0 Å². The number of carbonyl (C=O) groups is 2. The smallest absolute Gasteiger partial charge is 0.248 e. The summed E-state index contributed by atoms with van der Waals surface area (Å²) in [6, 6.07) is 19.9. The van der Waals surface area contributed by atoms with Gasteiger partial charge in [-0.15, -0.1) is 11.3 Å². The molecule has 1 unspecified atom stereocenters. The van der Waals surface area contributed by atoms with Crippen molar-refractivity contribution in [3.05, 3.63) is 87.6 Å². The monoisotopic (exact) mass is 452 g/mol. The molecule has 0 aliphatic heterocycles. The van der Waals surface area contributed by atoms with Crippen molar-refractivity contribution in [2.24, 2.45) is 0 Å². The fourth-order valence-corrected chi connectivity index (χ4v) is 5.04. The third-order valence-electron chi connectivity index (χ3n) is 5.61. The van der Waals surface area contributed by atoms with Crippen LogP contribution < -0.4 is 10.2 Å². The Bertz CT molecular complexity index is 1020. The Morgan fingerprint density at radius 3 is 2.39 bits per heavy atom. The highest BCUT2D eigenvalue weighted by molar-refractivity contribution is 7.10. The Labute approximate surface area is 191 Å². The van der Waals surface area contributed by atoms with E-state index in [0.29, 0.717) is 10.7 Å². The number of anilines is 1. The number of amides is 2. The van der Waals surface area contributed by atoms with Crippen molar-refractivity contribution in [2.45, 2.75) is 44.2 Å². The molecular weight excluding hydrogens is 428 g/mol. The van der Waals surface area contributed by atoms with Crippen molar-refractivity contribution in [1.29, 1.82) is 0 Å². The second-order valence-electron chi connectivity index (χ2n) is 7.77. The van der Waals surface area contributed by atoms with Gasteiger partial charge >= 0.3 is 0 Å². The summed E-state index contributed by atoms with van der Waals surface area (Å²) in [6.45, 7) is 0. The molecule has 1 atom stereocenters. The van der Waals surface area contributed by atoms with Crippen LogP contribution in [-0.2, 0) is 16.0 Å². The van der Waals surface area contributed by atoms with Gasteiger partial charge in [-0.1, -0.05) is 73.0 Å². The number of para-hydroxylation sites is 1. The number of hydrogen-bond acceptors (Lipinski definition) is 3. The minimum absolute atomic E-state index is 0.152. The highest BCUT2D eigenvalue weighted by atomic mass is 35.5. The summed E-state index contributed by atoms with van der Waals surface area (Å²) < 4.78 is 0. The maximum Gasteiger partial charge on any atom is 0.248 e. The van der Waals surface area contributed by atoms with Gasteiger partial charge in [-0.05, 0) is 42.0 Å². The van der Waals surface area contributed by atoms with E-state index in [2.05, 4.69) is 5.32 Å². The molecule has 0 radical (unpaired) electrons. The van der Waals surface area contributed by atoms with Crippen molar-refractivity contribution in [2.75, 3.05) is 4.90 Å². The van der Waals surface area contributed by atoms with Gasteiger partial charge in [-0.3, -0.25) is 14.5 Å². The number of thiophene rings is 1. The molecule has 4 rings (SSSR count). The molecule has 1 saturated carbocycles. The third-order valence-corrected chi connectivity index (χ3v) is 6.81. The first-order valence-electron chi connectivity index (χ1n) is 10.6. The van der Waals surface area contributed by atoms with E-state index in [4.69, 9.17) is 11.6 Å². The molecule has 3 aromatic rings. The van der Waals surface area contributed by atoms with E-state index >= 15 is 0 Å². The molecule has 6 heteroatoms. The normalized spacial score (nSPS) is 14.9. The second kappa shape index (κ2) is 10.1. The second-order valence-corrected chi connectivity index (χ2v) is 9.21. The highest BCUT2D eigenvalue weighted by Gasteiger charge is 2.35. The van der Waals surface area contributed by atoms with Crippen LogP contribution in [0.2, 0.25) is 5.02 Å². The average Bonchev–Trinajstić information content (AvgIpc) is 3.47. The molecule has 160 valence electrons. The van der Waals surface area contributed by atoms with Gasteiger partial charge < -0.3 is 5.32 Å². The molecule has 1 aromatic heterocycles. The van der Waals surface area contributed by atoms with Crippen LogP contribution in [0.5, 0.6) is 0 Å². The van der Waals surface area contributed by atoms with E-state index in [9.17, 15) is 9.59 Å². The van der Waals surface area contributed by atoms with Crippen LogP contribution in [0.1, 0.15) is 42.2 Å². The van der Waals surface area contributed by atoms with Crippen molar-refractivity contribution in [3.63, 3.8) is 0 Å². The van der Waals surface area contributed by atoms with E-state index < -0.39 is 6.04 Å². The highest BCUT2D eigenvalue weighted by Crippen LogP contribution is 2.34. The lowest BCUT2D eigenvalue weighted by molar-refractivity contribution is -0.127. The van der Waals surface area contributed by atoms with Crippen LogP contribution in [0.4, 0.5) is 5.69 Å². The van der Waals surface area contributed by atoms with Crippen LogP contribution >= 0.6 is 22.9 Å². The lowest BCUT2D eigenvalue weighted by Crippen LogP contribution is -2.47. The molecule has 4 nitrogen and oxygen atoms in total. The van der Waals surface area contributed by atoms with Crippen LogP contribution in [0.15, 0.2) is 72.1 Å². The summed E-state index contributed by atoms with van der Waals surface area (Å²) in [5.74, 6) is -0.330. The van der Waals surface area contributed by atoms with Crippen LogP contribution in [0.3, 0.4) is 0 Å². The van der Waals surface area contributed by atoms with Crippen molar-refractivity contribution in [3.8, 4) is 0 Å². The minimum Gasteiger partial charge on any atom is -0.351 e. The first-order chi connectivity index (χ1) is 15.1. The maximum absolute atomic E-state index is 13.6. The molecule has 0 spiro atoms. The number of hydrogen-bond donors (Lipinski definition) is 1.